The molecule has 0 saturated heterocycles. The highest BCUT2D eigenvalue weighted by Gasteiger charge is 2.53. The molecule has 2 aromatic rings. The van der Waals surface area contributed by atoms with Crippen molar-refractivity contribution in [3.05, 3.63) is 33.9 Å². The molecule has 164 valence electrons. The number of nitrogens with one attached hydrogen (secondary N) is 1. The van der Waals surface area contributed by atoms with Crippen molar-refractivity contribution >= 4 is 23.2 Å². The van der Waals surface area contributed by atoms with Gasteiger partial charge in [0.2, 0.25) is 5.69 Å². The van der Waals surface area contributed by atoms with Crippen LogP contribution in [0, 0.1) is 27.9 Å². The Balaban J connectivity index is 1.48. The van der Waals surface area contributed by atoms with E-state index in [1.54, 1.807) is 4.68 Å². The van der Waals surface area contributed by atoms with Crippen molar-refractivity contribution in [3.8, 4) is 0 Å². The second kappa shape index (κ2) is 6.89. The van der Waals surface area contributed by atoms with Crippen LogP contribution in [-0.2, 0) is 12.1 Å². The van der Waals surface area contributed by atoms with Gasteiger partial charge in [0.25, 0.3) is 11.8 Å². The largest absolute Gasteiger partial charge is 0.364 e. The number of primary amides is 1. The van der Waals surface area contributed by atoms with Crippen molar-refractivity contribution in [1.82, 2.24) is 19.6 Å². The number of carbonyl (C=O) groups excluding carboxylic acids is 2. The molecule has 4 fully saturated rings. The molecule has 0 aromatic carbocycles. The standard InChI is InChI=1S/C20H25N7O4/c1-2-25-9-14(16(23-25)18(21)28)22-19(29)17-15(27(30)31)10-26(24-17)20-6-11-3-12(7-20)5-13(4-11)8-20/h9-13H,2-8H2,1H3,(H2,21,28)(H,22,29). The molecule has 6 rings (SSSR count). The first-order chi connectivity index (χ1) is 14.8. The Morgan fingerprint density at radius 3 is 2.29 bits per heavy atom. The Morgan fingerprint density at radius 2 is 1.77 bits per heavy atom. The van der Waals surface area contributed by atoms with E-state index < -0.39 is 16.7 Å². The number of amides is 2. The number of hydrogen-bond donors (Lipinski definition) is 2. The van der Waals surface area contributed by atoms with Crippen LogP contribution >= 0.6 is 0 Å². The monoisotopic (exact) mass is 427 g/mol. The van der Waals surface area contributed by atoms with E-state index in [0.29, 0.717) is 24.3 Å². The molecule has 11 heteroatoms. The summed E-state index contributed by atoms with van der Waals surface area (Å²) in [6.07, 6.45) is 9.43. The van der Waals surface area contributed by atoms with Gasteiger partial charge in [0.1, 0.15) is 6.20 Å². The molecule has 4 saturated carbocycles. The fourth-order valence-corrected chi connectivity index (χ4v) is 6.29. The molecule has 0 spiro atoms. The molecule has 3 N–H and O–H groups in total. The summed E-state index contributed by atoms with van der Waals surface area (Å²) in [6, 6.07) is 0. The molecule has 0 atom stereocenters. The maximum absolute atomic E-state index is 13.0. The van der Waals surface area contributed by atoms with E-state index in [0.717, 1.165) is 19.3 Å². The number of hydrogen-bond acceptors (Lipinski definition) is 6. The van der Waals surface area contributed by atoms with Crippen molar-refractivity contribution in [1.29, 1.82) is 0 Å². The van der Waals surface area contributed by atoms with Crippen LogP contribution in [0.25, 0.3) is 0 Å². The van der Waals surface area contributed by atoms with Crippen LogP contribution in [0.3, 0.4) is 0 Å². The second-order valence-corrected chi connectivity index (χ2v) is 9.27. The van der Waals surface area contributed by atoms with Crippen LogP contribution in [0.1, 0.15) is 66.4 Å². The fraction of sp³-hybridized carbons (Fsp3) is 0.600. The van der Waals surface area contributed by atoms with E-state index >= 15 is 0 Å². The summed E-state index contributed by atoms with van der Waals surface area (Å²) < 4.78 is 3.15. The van der Waals surface area contributed by atoms with E-state index in [1.807, 2.05) is 6.92 Å². The van der Waals surface area contributed by atoms with Gasteiger partial charge in [-0.3, -0.25) is 29.1 Å². The third-order valence-electron chi connectivity index (χ3n) is 7.17. The molecule has 4 aliphatic carbocycles. The van der Waals surface area contributed by atoms with E-state index in [9.17, 15) is 19.7 Å². The summed E-state index contributed by atoms with van der Waals surface area (Å²) in [6.45, 7) is 2.29. The maximum atomic E-state index is 13.0. The zero-order valence-corrected chi connectivity index (χ0v) is 17.3. The molecular weight excluding hydrogens is 402 g/mol. The highest BCUT2D eigenvalue weighted by molar-refractivity contribution is 6.08. The minimum atomic E-state index is -0.795. The number of nitrogens with two attached hydrogens (primary N) is 1. The molecule has 0 radical (unpaired) electrons. The Morgan fingerprint density at radius 1 is 1.16 bits per heavy atom. The first kappa shape index (κ1) is 19.7. The third kappa shape index (κ3) is 3.19. The number of nitro groups is 1. The molecule has 4 aliphatic rings. The van der Waals surface area contributed by atoms with Crippen LogP contribution in [0.15, 0.2) is 12.4 Å². The van der Waals surface area contributed by atoms with Gasteiger partial charge < -0.3 is 11.1 Å². The maximum Gasteiger partial charge on any atom is 0.320 e. The predicted octanol–water partition coefficient (Wildman–Crippen LogP) is 2.28. The zero-order valence-electron chi connectivity index (χ0n) is 17.3. The number of rotatable bonds is 6. The lowest BCUT2D eigenvalue weighted by atomic mass is 9.53. The summed E-state index contributed by atoms with van der Waals surface area (Å²) in [4.78, 5) is 35.8. The normalized spacial score (nSPS) is 28.6. The summed E-state index contributed by atoms with van der Waals surface area (Å²) in [5, 5.41) is 22.7. The quantitative estimate of drug-likeness (QED) is 0.533. The summed E-state index contributed by atoms with van der Waals surface area (Å²) in [5.41, 5.74) is 4.52. The van der Waals surface area contributed by atoms with Gasteiger partial charge in [0, 0.05) is 12.7 Å². The second-order valence-electron chi connectivity index (χ2n) is 9.27. The SMILES string of the molecule is CCn1cc(NC(=O)c2nn(C34CC5CC(CC(C5)C3)C4)cc2[N+](=O)[O-])c(C(N)=O)n1. The van der Waals surface area contributed by atoms with E-state index in [2.05, 4.69) is 15.5 Å². The molecule has 2 amide bonds. The van der Waals surface area contributed by atoms with Crippen LogP contribution in [-0.4, -0.2) is 36.3 Å². The molecule has 0 unspecified atom stereocenters. The van der Waals surface area contributed by atoms with Crippen molar-refractivity contribution < 1.29 is 14.5 Å². The number of nitrogens with zero attached hydrogens (tertiary/aromatic N) is 5. The van der Waals surface area contributed by atoms with Gasteiger partial charge in [0.15, 0.2) is 5.69 Å². The van der Waals surface area contributed by atoms with Gasteiger partial charge in [-0.05, 0) is 63.2 Å². The van der Waals surface area contributed by atoms with Gasteiger partial charge in [-0.1, -0.05) is 0 Å². The lowest BCUT2D eigenvalue weighted by molar-refractivity contribution is -0.385. The molecule has 0 aliphatic heterocycles. The van der Waals surface area contributed by atoms with Gasteiger partial charge in [-0.25, -0.2) is 0 Å². The van der Waals surface area contributed by atoms with Crippen molar-refractivity contribution in [2.45, 2.75) is 57.5 Å². The molecule has 2 aromatic heterocycles. The highest BCUT2D eigenvalue weighted by atomic mass is 16.6. The van der Waals surface area contributed by atoms with Crippen LogP contribution in [0.5, 0.6) is 0 Å². The molecule has 2 heterocycles. The first-order valence-electron chi connectivity index (χ1n) is 10.7. The Kier molecular flexibility index (Phi) is 4.38. The van der Waals surface area contributed by atoms with Gasteiger partial charge in [0.05, 0.1) is 16.1 Å². The van der Waals surface area contributed by atoms with Crippen LogP contribution in [0.4, 0.5) is 11.4 Å². The van der Waals surface area contributed by atoms with Crippen LogP contribution < -0.4 is 11.1 Å². The van der Waals surface area contributed by atoms with E-state index in [-0.39, 0.29) is 28.3 Å². The van der Waals surface area contributed by atoms with Crippen molar-refractivity contribution in [3.63, 3.8) is 0 Å². The molecular formula is C20H25N7O4. The predicted molar refractivity (Wildman–Crippen MR) is 109 cm³/mol. The van der Waals surface area contributed by atoms with E-state index in [1.165, 1.54) is 36.3 Å². The lowest BCUT2D eigenvalue weighted by Gasteiger charge is -2.56. The molecule has 4 bridgehead atoms. The minimum absolute atomic E-state index is 0.0987. The summed E-state index contributed by atoms with van der Waals surface area (Å²) in [7, 11) is 0. The summed E-state index contributed by atoms with van der Waals surface area (Å²) in [5.74, 6) is 0.337. The molecule has 11 nitrogen and oxygen atoms in total. The Hall–Kier alpha value is -3.24. The van der Waals surface area contributed by atoms with Crippen LogP contribution in [0.2, 0.25) is 0 Å². The number of aryl methyl sites for hydroxylation is 1. The topological polar surface area (TPSA) is 151 Å². The number of carbonyl (C=O) groups is 2. The van der Waals surface area contributed by atoms with Gasteiger partial charge >= 0.3 is 5.69 Å². The summed E-state index contributed by atoms with van der Waals surface area (Å²) >= 11 is 0. The van der Waals surface area contributed by atoms with Crippen molar-refractivity contribution in [2.24, 2.45) is 23.5 Å². The van der Waals surface area contributed by atoms with Gasteiger partial charge in [-0.2, -0.15) is 10.2 Å². The Bertz CT molecular complexity index is 1050. The zero-order chi connectivity index (χ0) is 21.9. The number of aromatic nitrogens is 4. The van der Waals surface area contributed by atoms with Gasteiger partial charge in [-0.15, -0.1) is 0 Å². The van der Waals surface area contributed by atoms with E-state index in [4.69, 9.17) is 5.73 Å². The highest BCUT2D eigenvalue weighted by Crippen LogP contribution is 2.58. The average Bonchev–Trinajstić information content (AvgIpc) is 3.32. The third-order valence-corrected chi connectivity index (χ3v) is 7.17. The minimum Gasteiger partial charge on any atom is -0.364 e. The van der Waals surface area contributed by atoms with Crippen molar-refractivity contribution in [2.75, 3.05) is 5.32 Å². The fourth-order valence-electron chi connectivity index (χ4n) is 6.29. The average molecular weight is 427 g/mol. The first-order valence-corrected chi connectivity index (χ1v) is 10.7. The lowest BCUT2D eigenvalue weighted by Crippen LogP contribution is -2.52. The molecule has 31 heavy (non-hydrogen) atoms. The Labute approximate surface area is 178 Å². The smallest absolute Gasteiger partial charge is 0.320 e. The number of anilines is 1.